The topological polar surface area (TPSA) is 74.8 Å². The molecule has 0 aliphatic carbocycles. The van der Waals surface area contributed by atoms with Gasteiger partial charge in [0.2, 0.25) is 5.91 Å². The van der Waals surface area contributed by atoms with E-state index in [1.807, 2.05) is 0 Å². The van der Waals surface area contributed by atoms with Gasteiger partial charge in [0.15, 0.2) is 5.96 Å². The molecule has 0 aliphatic rings. The summed E-state index contributed by atoms with van der Waals surface area (Å²) in [6.07, 6.45) is 0. The number of ether oxygens (including phenoxy) is 1. The van der Waals surface area contributed by atoms with E-state index >= 15 is 0 Å². The molecule has 3 N–H and O–H groups in total. The maximum absolute atomic E-state index is 11.5. The number of methoxy groups -OCH3 is 1. The lowest BCUT2D eigenvalue weighted by atomic mass is 10.3. The fourth-order valence-corrected chi connectivity index (χ4v) is 2.33. The molecule has 20 heavy (non-hydrogen) atoms. The standard InChI is InChI=1S/C13H22N4O2S/c1-10-4-7-20-11(10)8-16-13(14-2)17-9-12(18)15-5-6-19-3/h4,7H,5-6,8-9H2,1-3H3,(H,15,18)(H2,14,16,17). The number of thiophene rings is 1. The summed E-state index contributed by atoms with van der Waals surface area (Å²) in [4.78, 5) is 16.9. The Kier molecular flexibility index (Phi) is 7.67. The molecule has 7 heteroatoms. The van der Waals surface area contributed by atoms with Crippen molar-refractivity contribution in [1.29, 1.82) is 0 Å². The molecule has 0 bridgehead atoms. The van der Waals surface area contributed by atoms with Gasteiger partial charge < -0.3 is 20.7 Å². The van der Waals surface area contributed by atoms with Crippen molar-refractivity contribution >= 4 is 23.2 Å². The van der Waals surface area contributed by atoms with E-state index in [0.717, 1.165) is 0 Å². The largest absolute Gasteiger partial charge is 0.383 e. The summed E-state index contributed by atoms with van der Waals surface area (Å²) in [6, 6.07) is 2.08. The highest BCUT2D eigenvalue weighted by Gasteiger charge is 2.04. The molecule has 0 fully saturated rings. The van der Waals surface area contributed by atoms with E-state index in [-0.39, 0.29) is 12.5 Å². The van der Waals surface area contributed by atoms with Gasteiger partial charge in [-0.2, -0.15) is 0 Å². The number of carbonyl (C=O) groups is 1. The SMILES string of the molecule is CN=C(NCC(=O)NCCOC)NCc1sccc1C. The van der Waals surface area contributed by atoms with Crippen molar-refractivity contribution in [2.24, 2.45) is 4.99 Å². The molecular formula is C13H22N4O2S. The molecule has 1 aromatic rings. The average molecular weight is 298 g/mol. The fraction of sp³-hybridized carbons (Fsp3) is 0.538. The zero-order valence-corrected chi connectivity index (χ0v) is 13.0. The highest BCUT2D eigenvalue weighted by molar-refractivity contribution is 7.10. The number of guanidine groups is 1. The molecule has 1 amide bonds. The number of hydrogen-bond acceptors (Lipinski definition) is 4. The first-order valence-electron chi connectivity index (χ1n) is 6.40. The Labute approximate surface area is 123 Å². The quantitative estimate of drug-likeness (QED) is 0.389. The van der Waals surface area contributed by atoms with Gasteiger partial charge >= 0.3 is 0 Å². The van der Waals surface area contributed by atoms with Gasteiger partial charge in [-0.15, -0.1) is 11.3 Å². The van der Waals surface area contributed by atoms with Crippen molar-refractivity contribution < 1.29 is 9.53 Å². The van der Waals surface area contributed by atoms with Crippen LogP contribution in [-0.4, -0.2) is 45.7 Å². The average Bonchev–Trinajstić information content (AvgIpc) is 2.85. The molecule has 0 atom stereocenters. The van der Waals surface area contributed by atoms with E-state index in [4.69, 9.17) is 4.74 Å². The van der Waals surface area contributed by atoms with Crippen LogP contribution in [0.5, 0.6) is 0 Å². The Bertz CT molecular complexity index is 445. The Hall–Kier alpha value is -1.60. The maximum atomic E-state index is 11.5. The van der Waals surface area contributed by atoms with Crippen LogP contribution in [0.3, 0.4) is 0 Å². The van der Waals surface area contributed by atoms with Crippen LogP contribution in [0.1, 0.15) is 10.4 Å². The van der Waals surface area contributed by atoms with Gasteiger partial charge in [-0.25, -0.2) is 0 Å². The summed E-state index contributed by atoms with van der Waals surface area (Å²) in [6.45, 7) is 3.99. The van der Waals surface area contributed by atoms with Crippen LogP contribution in [0.2, 0.25) is 0 Å². The van der Waals surface area contributed by atoms with Gasteiger partial charge in [0, 0.05) is 25.6 Å². The molecular weight excluding hydrogens is 276 g/mol. The van der Waals surface area contributed by atoms with Crippen molar-refractivity contribution in [1.82, 2.24) is 16.0 Å². The van der Waals surface area contributed by atoms with E-state index in [9.17, 15) is 4.79 Å². The second kappa shape index (κ2) is 9.33. The number of aliphatic imine (C=N–C) groups is 1. The lowest BCUT2D eigenvalue weighted by Crippen LogP contribution is -2.43. The summed E-state index contributed by atoms with van der Waals surface area (Å²) in [7, 11) is 3.28. The van der Waals surface area contributed by atoms with Crippen molar-refractivity contribution in [3.63, 3.8) is 0 Å². The predicted molar refractivity (Wildman–Crippen MR) is 82.1 cm³/mol. The lowest BCUT2D eigenvalue weighted by molar-refractivity contribution is -0.120. The van der Waals surface area contributed by atoms with Gasteiger partial charge in [-0.05, 0) is 23.9 Å². The number of rotatable bonds is 7. The van der Waals surface area contributed by atoms with Crippen LogP contribution in [0, 0.1) is 6.92 Å². The number of carbonyl (C=O) groups excluding carboxylic acids is 1. The Morgan fingerprint density at radius 1 is 1.40 bits per heavy atom. The van der Waals surface area contributed by atoms with E-state index in [0.29, 0.717) is 25.7 Å². The van der Waals surface area contributed by atoms with E-state index in [1.165, 1.54) is 10.4 Å². The van der Waals surface area contributed by atoms with Crippen LogP contribution >= 0.6 is 11.3 Å². The predicted octanol–water partition coefficient (Wildman–Crippen LogP) is 0.484. The lowest BCUT2D eigenvalue weighted by Gasteiger charge is -2.11. The number of aryl methyl sites for hydroxylation is 1. The van der Waals surface area contributed by atoms with Gasteiger partial charge in [-0.1, -0.05) is 0 Å². The fourth-order valence-electron chi connectivity index (χ4n) is 1.49. The molecule has 6 nitrogen and oxygen atoms in total. The molecule has 1 aromatic heterocycles. The van der Waals surface area contributed by atoms with E-state index < -0.39 is 0 Å². The third kappa shape index (κ3) is 6.03. The van der Waals surface area contributed by atoms with Gasteiger partial charge in [0.1, 0.15) is 0 Å². The minimum absolute atomic E-state index is 0.0858. The number of hydrogen-bond donors (Lipinski definition) is 3. The smallest absolute Gasteiger partial charge is 0.239 e. The van der Waals surface area contributed by atoms with Gasteiger partial charge in [0.25, 0.3) is 0 Å². The number of nitrogens with zero attached hydrogens (tertiary/aromatic N) is 1. The van der Waals surface area contributed by atoms with Crippen LogP contribution in [0.15, 0.2) is 16.4 Å². The Balaban J connectivity index is 2.26. The minimum Gasteiger partial charge on any atom is -0.383 e. The maximum Gasteiger partial charge on any atom is 0.239 e. The van der Waals surface area contributed by atoms with Gasteiger partial charge in [-0.3, -0.25) is 9.79 Å². The second-order valence-electron chi connectivity index (χ2n) is 4.15. The molecule has 0 aromatic carbocycles. The molecule has 0 unspecified atom stereocenters. The third-order valence-electron chi connectivity index (χ3n) is 2.65. The third-order valence-corrected chi connectivity index (χ3v) is 3.68. The minimum atomic E-state index is -0.0858. The zero-order valence-electron chi connectivity index (χ0n) is 12.2. The molecule has 1 heterocycles. The van der Waals surface area contributed by atoms with Crippen molar-refractivity contribution in [2.75, 3.05) is 33.9 Å². The molecule has 0 saturated heterocycles. The highest BCUT2D eigenvalue weighted by Crippen LogP contribution is 2.14. The number of amides is 1. The number of nitrogens with one attached hydrogen (secondary N) is 3. The molecule has 0 spiro atoms. The Morgan fingerprint density at radius 2 is 2.20 bits per heavy atom. The van der Waals surface area contributed by atoms with Gasteiger partial charge in [0.05, 0.1) is 19.7 Å². The molecule has 0 radical (unpaired) electrons. The Morgan fingerprint density at radius 3 is 2.80 bits per heavy atom. The molecule has 0 saturated carbocycles. The molecule has 0 aliphatic heterocycles. The first-order chi connectivity index (χ1) is 9.67. The normalized spacial score (nSPS) is 11.2. The van der Waals surface area contributed by atoms with Crippen molar-refractivity contribution in [3.05, 3.63) is 21.9 Å². The van der Waals surface area contributed by atoms with Crippen LogP contribution < -0.4 is 16.0 Å². The van der Waals surface area contributed by atoms with Crippen molar-refractivity contribution in [2.45, 2.75) is 13.5 Å². The zero-order chi connectivity index (χ0) is 14.8. The molecule has 112 valence electrons. The summed E-state index contributed by atoms with van der Waals surface area (Å²) >= 11 is 1.70. The first kappa shape index (κ1) is 16.5. The van der Waals surface area contributed by atoms with Crippen LogP contribution in [0.4, 0.5) is 0 Å². The highest BCUT2D eigenvalue weighted by atomic mass is 32.1. The van der Waals surface area contributed by atoms with E-state index in [1.54, 1.807) is 25.5 Å². The summed E-state index contributed by atoms with van der Waals surface area (Å²) in [5, 5.41) is 10.9. The van der Waals surface area contributed by atoms with Crippen LogP contribution in [0.25, 0.3) is 0 Å². The molecule has 1 rings (SSSR count). The van der Waals surface area contributed by atoms with Crippen molar-refractivity contribution in [3.8, 4) is 0 Å². The first-order valence-corrected chi connectivity index (χ1v) is 7.28. The summed E-state index contributed by atoms with van der Waals surface area (Å²) < 4.78 is 4.86. The second-order valence-corrected chi connectivity index (χ2v) is 5.15. The van der Waals surface area contributed by atoms with Crippen LogP contribution in [-0.2, 0) is 16.1 Å². The summed E-state index contributed by atoms with van der Waals surface area (Å²) in [5.74, 6) is 0.525. The monoisotopic (exact) mass is 298 g/mol. The van der Waals surface area contributed by atoms with E-state index in [2.05, 4.69) is 39.3 Å². The summed E-state index contributed by atoms with van der Waals surface area (Å²) in [5.41, 5.74) is 1.26.